The van der Waals surface area contributed by atoms with Gasteiger partial charge in [-0.15, -0.1) is 0 Å². The third-order valence-corrected chi connectivity index (χ3v) is 4.05. The van der Waals surface area contributed by atoms with E-state index in [1.807, 2.05) is 12.1 Å². The first kappa shape index (κ1) is 16.3. The molecule has 0 saturated heterocycles. The molecule has 0 aliphatic heterocycles. The van der Waals surface area contributed by atoms with Crippen LogP contribution < -0.4 is 10.5 Å². The molecular formula is C16H21NO5. The summed E-state index contributed by atoms with van der Waals surface area (Å²) in [5.41, 5.74) is 6.61. The molecule has 4 N–H and O–H groups in total. The van der Waals surface area contributed by atoms with Crippen LogP contribution in [0.15, 0.2) is 24.3 Å². The van der Waals surface area contributed by atoms with E-state index < -0.39 is 24.1 Å². The maximum atomic E-state index is 11.2. The summed E-state index contributed by atoms with van der Waals surface area (Å²) in [5.74, 6) is -1.49. The van der Waals surface area contributed by atoms with Gasteiger partial charge in [-0.1, -0.05) is 25.0 Å². The van der Waals surface area contributed by atoms with Crippen molar-refractivity contribution in [3.05, 3.63) is 29.8 Å². The second kappa shape index (κ2) is 7.26. The Morgan fingerprint density at radius 2 is 1.73 bits per heavy atom. The van der Waals surface area contributed by atoms with Crippen LogP contribution in [0.1, 0.15) is 43.6 Å². The Bertz CT molecular complexity index is 522. The minimum atomic E-state index is -1.27. The molecular weight excluding hydrogens is 286 g/mol. The van der Waals surface area contributed by atoms with Crippen LogP contribution in [0.3, 0.4) is 0 Å². The molecule has 1 saturated carbocycles. The first-order valence-electron chi connectivity index (χ1n) is 7.45. The topological polar surface area (TPSA) is 110 Å². The summed E-state index contributed by atoms with van der Waals surface area (Å²) in [6.45, 7) is 0. The van der Waals surface area contributed by atoms with Gasteiger partial charge in [0.2, 0.25) is 0 Å². The Labute approximate surface area is 128 Å². The molecule has 120 valence electrons. The van der Waals surface area contributed by atoms with Gasteiger partial charge in [0.1, 0.15) is 11.8 Å². The fraction of sp³-hybridized carbons (Fsp3) is 0.500. The predicted molar refractivity (Wildman–Crippen MR) is 79.9 cm³/mol. The molecule has 2 rings (SSSR count). The van der Waals surface area contributed by atoms with Crippen LogP contribution in [0, 0.1) is 0 Å². The number of carbonyl (C=O) groups is 2. The van der Waals surface area contributed by atoms with Crippen molar-refractivity contribution in [1.82, 2.24) is 0 Å². The van der Waals surface area contributed by atoms with E-state index in [1.54, 1.807) is 12.1 Å². The maximum absolute atomic E-state index is 11.2. The van der Waals surface area contributed by atoms with Crippen molar-refractivity contribution in [2.75, 3.05) is 0 Å². The number of rotatable bonds is 7. The number of hydrogen-bond donors (Lipinski definition) is 3. The molecule has 1 aromatic rings. The van der Waals surface area contributed by atoms with Crippen LogP contribution in [0.25, 0.3) is 0 Å². The van der Waals surface area contributed by atoms with Crippen LogP contribution in [-0.2, 0) is 9.59 Å². The second-order valence-corrected chi connectivity index (χ2v) is 5.68. The molecule has 0 radical (unpaired) electrons. The Balaban J connectivity index is 2.00. The molecule has 6 nitrogen and oxygen atoms in total. The number of benzene rings is 1. The van der Waals surface area contributed by atoms with E-state index in [2.05, 4.69) is 0 Å². The summed E-state index contributed by atoms with van der Waals surface area (Å²) in [4.78, 5) is 21.9. The highest BCUT2D eigenvalue weighted by Gasteiger charge is 2.26. The molecule has 0 amide bonds. The molecule has 1 unspecified atom stereocenters. The minimum Gasteiger partial charge on any atom is -0.480 e. The molecule has 22 heavy (non-hydrogen) atoms. The van der Waals surface area contributed by atoms with Gasteiger partial charge in [-0.2, -0.15) is 0 Å². The number of aliphatic carboxylic acids is 2. The SMILES string of the molecule is N[C@@H](CC(Oc1ccc(C2CCCC2)cc1)C(=O)O)C(=O)O. The zero-order chi connectivity index (χ0) is 16.1. The Morgan fingerprint density at radius 1 is 1.14 bits per heavy atom. The summed E-state index contributed by atoms with van der Waals surface area (Å²) in [5, 5.41) is 17.9. The molecule has 1 aliphatic rings. The lowest BCUT2D eigenvalue weighted by atomic mass is 9.98. The van der Waals surface area contributed by atoms with Crippen molar-refractivity contribution in [3.63, 3.8) is 0 Å². The van der Waals surface area contributed by atoms with Crippen LogP contribution in [-0.4, -0.2) is 34.3 Å². The van der Waals surface area contributed by atoms with Gasteiger partial charge in [0.25, 0.3) is 0 Å². The molecule has 0 spiro atoms. The third-order valence-electron chi connectivity index (χ3n) is 4.05. The van der Waals surface area contributed by atoms with Crippen molar-refractivity contribution in [1.29, 1.82) is 0 Å². The molecule has 1 aromatic carbocycles. The largest absolute Gasteiger partial charge is 0.480 e. The maximum Gasteiger partial charge on any atom is 0.344 e. The van der Waals surface area contributed by atoms with Gasteiger partial charge in [0, 0.05) is 6.42 Å². The van der Waals surface area contributed by atoms with Crippen molar-refractivity contribution in [2.24, 2.45) is 5.73 Å². The molecule has 1 fully saturated rings. The normalized spacial score (nSPS) is 17.9. The number of nitrogens with two attached hydrogens (primary N) is 1. The van der Waals surface area contributed by atoms with E-state index in [9.17, 15) is 9.59 Å². The van der Waals surface area contributed by atoms with Crippen molar-refractivity contribution in [2.45, 2.75) is 50.2 Å². The van der Waals surface area contributed by atoms with Gasteiger partial charge in [-0.05, 0) is 36.5 Å². The standard InChI is InChI=1S/C16H21NO5/c17-13(15(18)19)9-14(16(20)21)22-12-7-5-11(6-8-12)10-3-1-2-4-10/h5-8,10,13-14H,1-4,9,17H2,(H,18,19)(H,20,21)/t13-,14?/m0/s1. The van der Waals surface area contributed by atoms with Gasteiger partial charge >= 0.3 is 11.9 Å². The summed E-state index contributed by atoms with van der Waals surface area (Å²) in [7, 11) is 0. The fourth-order valence-corrected chi connectivity index (χ4v) is 2.77. The first-order chi connectivity index (χ1) is 10.5. The van der Waals surface area contributed by atoms with Crippen LogP contribution >= 0.6 is 0 Å². The highest BCUT2D eigenvalue weighted by atomic mass is 16.5. The van der Waals surface area contributed by atoms with E-state index in [4.69, 9.17) is 20.7 Å². The highest BCUT2D eigenvalue weighted by molar-refractivity contribution is 5.77. The zero-order valence-electron chi connectivity index (χ0n) is 12.3. The number of carboxylic acids is 2. The van der Waals surface area contributed by atoms with E-state index in [0.29, 0.717) is 11.7 Å². The Kier molecular flexibility index (Phi) is 5.38. The fourth-order valence-electron chi connectivity index (χ4n) is 2.77. The molecule has 0 aromatic heterocycles. The monoisotopic (exact) mass is 307 g/mol. The smallest absolute Gasteiger partial charge is 0.344 e. The zero-order valence-corrected chi connectivity index (χ0v) is 12.3. The van der Waals surface area contributed by atoms with E-state index in [1.165, 1.54) is 31.2 Å². The van der Waals surface area contributed by atoms with Crippen LogP contribution in [0.5, 0.6) is 5.75 Å². The van der Waals surface area contributed by atoms with E-state index >= 15 is 0 Å². The summed E-state index contributed by atoms with van der Waals surface area (Å²) in [6.07, 6.45) is 3.31. The molecule has 6 heteroatoms. The Hall–Kier alpha value is -2.08. The summed E-state index contributed by atoms with van der Waals surface area (Å²) >= 11 is 0. The van der Waals surface area contributed by atoms with Crippen molar-refractivity contribution in [3.8, 4) is 5.75 Å². The summed E-state index contributed by atoms with van der Waals surface area (Å²) in [6, 6.07) is 6.09. The lowest BCUT2D eigenvalue weighted by Crippen LogP contribution is -2.39. The van der Waals surface area contributed by atoms with Gasteiger partial charge < -0.3 is 20.7 Å². The van der Waals surface area contributed by atoms with E-state index in [0.717, 1.165) is 0 Å². The van der Waals surface area contributed by atoms with E-state index in [-0.39, 0.29) is 6.42 Å². The van der Waals surface area contributed by atoms with Gasteiger partial charge in [-0.3, -0.25) is 4.79 Å². The average molecular weight is 307 g/mol. The summed E-state index contributed by atoms with van der Waals surface area (Å²) < 4.78 is 5.37. The number of ether oxygens (including phenoxy) is 1. The van der Waals surface area contributed by atoms with Gasteiger partial charge in [-0.25, -0.2) is 4.79 Å². The van der Waals surface area contributed by atoms with Crippen LogP contribution in [0.2, 0.25) is 0 Å². The van der Waals surface area contributed by atoms with Crippen molar-refractivity contribution < 1.29 is 24.5 Å². The lowest BCUT2D eigenvalue weighted by Gasteiger charge is -2.18. The highest BCUT2D eigenvalue weighted by Crippen LogP contribution is 2.34. The lowest BCUT2D eigenvalue weighted by molar-refractivity contribution is -0.146. The van der Waals surface area contributed by atoms with Gasteiger partial charge in [0.05, 0.1) is 0 Å². The van der Waals surface area contributed by atoms with Crippen molar-refractivity contribution >= 4 is 11.9 Å². The Morgan fingerprint density at radius 3 is 2.23 bits per heavy atom. The second-order valence-electron chi connectivity index (χ2n) is 5.68. The predicted octanol–water partition coefficient (Wildman–Crippen LogP) is 1.98. The number of hydrogen-bond acceptors (Lipinski definition) is 4. The molecule has 0 heterocycles. The minimum absolute atomic E-state index is 0.283. The molecule has 2 atom stereocenters. The van der Waals surface area contributed by atoms with Gasteiger partial charge in [0.15, 0.2) is 6.10 Å². The quantitative estimate of drug-likeness (QED) is 0.710. The molecule has 0 bridgehead atoms. The number of carboxylic acid groups (broad SMARTS) is 2. The third kappa shape index (κ3) is 4.21. The average Bonchev–Trinajstić information content (AvgIpc) is 3.01. The molecule has 1 aliphatic carbocycles. The first-order valence-corrected chi connectivity index (χ1v) is 7.45. The van der Waals surface area contributed by atoms with Crippen LogP contribution in [0.4, 0.5) is 0 Å².